The van der Waals surface area contributed by atoms with Crippen molar-refractivity contribution in [3.63, 3.8) is 0 Å². The summed E-state index contributed by atoms with van der Waals surface area (Å²) in [5.74, 6) is 4.69. The summed E-state index contributed by atoms with van der Waals surface area (Å²) in [5.41, 5.74) is 0.493. The zero-order valence-corrected chi connectivity index (χ0v) is 22.7. The third-order valence-corrected chi connectivity index (χ3v) is 9.93. The molecule has 1 aliphatic rings. The summed E-state index contributed by atoms with van der Waals surface area (Å²) in [6.45, 7) is 3.02. The van der Waals surface area contributed by atoms with Crippen LogP contribution in [0.5, 0.6) is 5.75 Å². The smallest absolute Gasteiger partial charge is 0.247 e. The largest absolute Gasteiger partial charge is 0.487 e. The van der Waals surface area contributed by atoms with Gasteiger partial charge in [-0.25, -0.2) is 21.2 Å². The second kappa shape index (κ2) is 11.9. The van der Waals surface area contributed by atoms with E-state index in [-0.39, 0.29) is 35.2 Å². The molecule has 1 aliphatic heterocycles. The van der Waals surface area contributed by atoms with Crippen molar-refractivity contribution in [1.82, 2.24) is 8.61 Å². The van der Waals surface area contributed by atoms with Crippen LogP contribution in [0.1, 0.15) is 19.4 Å². The van der Waals surface area contributed by atoms with Crippen LogP contribution in [0.2, 0.25) is 0 Å². The first kappa shape index (κ1) is 29.0. The number of ether oxygens (including phenoxy) is 2. The highest BCUT2D eigenvalue weighted by atomic mass is 32.2. The van der Waals surface area contributed by atoms with Crippen LogP contribution >= 0.6 is 0 Å². The summed E-state index contributed by atoms with van der Waals surface area (Å²) < 4.78 is 80.1. The molecule has 0 spiro atoms. The fourth-order valence-corrected chi connectivity index (χ4v) is 6.88. The van der Waals surface area contributed by atoms with Gasteiger partial charge in [0.1, 0.15) is 29.2 Å². The minimum Gasteiger partial charge on any atom is -0.487 e. The fraction of sp³-hybridized carbons (Fsp3) is 0.440. The normalized spacial score (nSPS) is 20.6. The van der Waals surface area contributed by atoms with Gasteiger partial charge in [-0.2, -0.15) is 8.61 Å². The minimum atomic E-state index is -4.05. The van der Waals surface area contributed by atoms with Gasteiger partial charge >= 0.3 is 0 Å². The van der Waals surface area contributed by atoms with E-state index in [9.17, 15) is 26.3 Å². The highest BCUT2D eigenvalue weighted by Gasteiger charge is 2.39. The lowest BCUT2D eigenvalue weighted by Gasteiger charge is -2.37. The van der Waals surface area contributed by atoms with Gasteiger partial charge in [-0.3, -0.25) is 0 Å². The van der Waals surface area contributed by atoms with Crippen molar-refractivity contribution in [1.29, 1.82) is 0 Å². The lowest BCUT2D eigenvalue weighted by atomic mass is 10.0. The zero-order chi connectivity index (χ0) is 27.4. The number of sulfonamides is 2. The molecule has 0 aromatic heterocycles. The number of hydrogen-bond donors (Lipinski definition) is 1. The van der Waals surface area contributed by atoms with E-state index in [0.29, 0.717) is 5.56 Å². The Balaban J connectivity index is 2.04. The zero-order valence-electron chi connectivity index (χ0n) is 21.1. The van der Waals surface area contributed by atoms with Crippen LogP contribution in [0.25, 0.3) is 0 Å². The molecule has 0 amide bonds. The Morgan fingerprint density at radius 2 is 1.95 bits per heavy atom. The van der Waals surface area contributed by atoms with E-state index in [1.165, 1.54) is 42.7 Å². The number of aliphatic hydroxyl groups excluding tert-OH is 1. The van der Waals surface area contributed by atoms with Gasteiger partial charge in [0.25, 0.3) is 0 Å². The molecule has 0 radical (unpaired) electrons. The summed E-state index contributed by atoms with van der Waals surface area (Å²) >= 11 is 0. The van der Waals surface area contributed by atoms with E-state index in [1.807, 2.05) is 0 Å². The van der Waals surface area contributed by atoms with Gasteiger partial charge in [-0.05, 0) is 49.4 Å². The second-order valence-corrected chi connectivity index (χ2v) is 12.8. The maximum absolute atomic E-state index is 13.5. The van der Waals surface area contributed by atoms with E-state index in [2.05, 4.69) is 11.8 Å². The summed E-state index contributed by atoms with van der Waals surface area (Å²) in [6.07, 6.45) is -0.759. The van der Waals surface area contributed by atoms with Crippen molar-refractivity contribution in [2.45, 2.75) is 35.8 Å². The standard InChI is InChI=1S/C25H31FN2O7S2/c1-18-15-28(19(2)17-29)37(32,33)25-12-7-20(6-5-13-34-4)14-23(25)35-24(18)16-27(3)36(30,31)22-10-8-21(26)9-11-22/h7-12,14,18-19,24,29H,13,15-17H2,1-4H3/t18-,19+,24+/m0/s1. The Morgan fingerprint density at radius 1 is 1.27 bits per heavy atom. The number of fused-ring (bicyclic) bond motifs is 1. The van der Waals surface area contributed by atoms with Crippen LogP contribution in [-0.2, 0) is 24.8 Å². The van der Waals surface area contributed by atoms with Gasteiger partial charge in [0.05, 0.1) is 18.0 Å². The molecule has 2 aromatic rings. The molecule has 202 valence electrons. The average Bonchev–Trinajstić information content (AvgIpc) is 2.86. The lowest BCUT2D eigenvalue weighted by Crippen LogP contribution is -2.50. The number of aliphatic hydroxyl groups is 1. The number of nitrogens with zero attached hydrogens (tertiary/aromatic N) is 2. The molecule has 3 rings (SSSR count). The molecule has 3 atom stereocenters. The van der Waals surface area contributed by atoms with Gasteiger partial charge in [0, 0.05) is 38.2 Å². The molecule has 1 heterocycles. The predicted octanol–water partition coefficient (Wildman–Crippen LogP) is 1.91. The molecule has 2 aromatic carbocycles. The molecule has 0 unspecified atom stereocenters. The SMILES string of the molecule is COCC#Cc1ccc2c(c1)O[C@H](CN(C)S(=O)(=O)c1ccc(F)cc1)[C@@H](C)CN([C@H](C)CO)S2(=O)=O. The van der Waals surface area contributed by atoms with E-state index < -0.39 is 50.5 Å². The van der Waals surface area contributed by atoms with Crippen molar-refractivity contribution in [3.8, 4) is 17.6 Å². The van der Waals surface area contributed by atoms with Crippen LogP contribution in [0.4, 0.5) is 4.39 Å². The summed E-state index contributed by atoms with van der Waals surface area (Å²) in [5, 5.41) is 9.76. The molecular weight excluding hydrogens is 523 g/mol. The van der Waals surface area contributed by atoms with Gasteiger partial charge in [0.15, 0.2) is 0 Å². The van der Waals surface area contributed by atoms with Crippen LogP contribution in [-0.4, -0.2) is 83.2 Å². The first-order valence-electron chi connectivity index (χ1n) is 11.5. The quantitative estimate of drug-likeness (QED) is 0.520. The summed E-state index contributed by atoms with van der Waals surface area (Å²) in [6, 6.07) is 8.22. The molecular formula is C25H31FN2O7S2. The van der Waals surface area contributed by atoms with E-state index in [4.69, 9.17) is 9.47 Å². The molecule has 0 bridgehead atoms. The average molecular weight is 555 g/mol. The third-order valence-electron chi connectivity index (χ3n) is 6.08. The Hall–Kier alpha value is -2.53. The molecule has 0 saturated heterocycles. The second-order valence-electron chi connectivity index (χ2n) is 8.88. The monoisotopic (exact) mass is 554 g/mol. The van der Waals surface area contributed by atoms with Gasteiger partial charge in [-0.1, -0.05) is 18.8 Å². The first-order chi connectivity index (χ1) is 17.4. The maximum Gasteiger partial charge on any atom is 0.247 e. The van der Waals surface area contributed by atoms with Crippen LogP contribution < -0.4 is 4.74 Å². The van der Waals surface area contributed by atoms with Crippen LogP contribution in [0.3, 0.4) is 0 Å². The Bertz CT molecular complexity index is 1370. The van der Waals surface area contributed by atoms with Gasteiger partial charge < -0.3 is 14.6 Å². The highest BCUT2D eigenvalue weighted by molar-refractivity contribution is 7.89. The van der Waals surface area contributed by atoms with Crippen LogP contribution in [0, 0.1) is 23.6 Å². The Morgan fingerprint density at radius 3 is 2.57 bits per heavy atom. The topological polar surface area (TPSA) is 113 Å². The van der Waals surface area contributed by atoms with E-state index in [0.717, 1.165) is 16.4 Å². The molecule has 9 nitrogen and oxygen atoms in total. The number of benzene rings is 2. The molecule has 0 aliphatic carbocycles. The molecule has 37 heavy (non-hydrogen) atoms. The number of likely N-dealkylation sites (N-methyl/N-ethyl adjacent to an activating group) is 1. The third kappa shape index (κ3) is 6.49. The molecule has 12 heteroatoms. The predicted molar refractivity (Wildman–Crippen MR) is 135 cm³/mol. The van der Waals surface area contributed by atoms with Crippen molar-refractivity contribution in [3.05, 3.63) is 53.8 Å². The van der Waals surface area contributed by atoms with E-state index >= 15 is 0 Å². The first-order valence-corrected chi connectivity index (χ1v) is 14.4. The van der Waals surface area contributed by atoms with Crippen molar-refractivity contribution in [2.75, 3.05) is 40.5 Å². The number of rotatable bonds is 7. The Kier molecular flexibility index (Phi) is 9.33. The lowest BCUT2D eigenvalue weighted by molar-refractivity contribution is 0.0904. The number of hydrogen-bond acceptors (Lipinski definition) is 7. The van der Waals surface area contributed by atoms with Crippen molar-refractivity contribution >= 4 is 20.0 Å². The van der Waals surface area contributed by atoms with Crippen molar-refractivity contribution < 1.29 is 35.8 Å². The summed E-state index contributed by atoms with van der Waals surface area (Å²) in [4.78, 5) is -0.185. The molecule has 1 N–H and O–H groups in total. The molecule has 0 saturated carbocycles. The van der Waals surface area contributed by atoms with Gasteiger partial charge in [-0.15, -0.1) is 0 Å². The number of halogens is 1. The number of methoxy groups -OCH3 is 1. The maximum atomic E-state index is 13.5. The van der Waals surface area contributed by atoms with Gasteiger partial charge in [0.2, 0.25) is 20.0 Å². The highest BCUT2D eigenvalue weighted by Crippen LogP contribution is 2.34. The minimum absolute atomic E-state index is 0.00595. The van der Waals surface area contributed by atoms with Crippen molar-refractivity contribution in [2.24, 2.45) is 5.92 Å². The Labute approximate surface area is 217 Å². The van der Waals surface area contributed by atoms with Crippen LogP contribution in [0.15, 0.2) is 52.3 Å². The van der Waals surface area contributed by atoms with E-state index in [1.54, 1.807) is 19.9 Å². The fourth-order valence-electron chi connectivity index (χ4n) is 3.87. The molecule has 0 fully saturated rings. The summed E-state index contributed by atoms with van der Waals surface area (Å²) in [7, 11) is -5.14.